The van der Waals surface area contributed by atoms with Crippen LogP contribution in [0.1, 0.15) is 47.9 Å². The number of nitrogens with two attached hydrogens (primary N) is 2. The number of carbonyl (C=O) groups excluding carboxylic acids is 1. The molecule has 5 heteroatoms. The van der Waals surface area contributed by atoms with Crippen molar-refractivity contribution in [2.75, 3.05) is 39.7 Å². The van der Waals surface area contributed by atoms with Crippen LogP contribution in [0.15, 0.2) is 36.4 Å². The molecule has 0 amide bonds. The maximum atomic E-state index is 13.1. The first kappa shape index (κ1) is 21.9. The smallest absolute Gasteiger partial charge is 0.147 e. The third kappa shape index (κ3) is 5.33. The highest BCUT2D eigenvalue weighted by molar-refractivity contribution is 5.93. The van der Waals surface area contributed by atoms with Gasteiger partial charge in [-0.15, -0.1) is 0 Å². The van der Waals surface area contributed by atoms with Crippen LogP contribution in [-0.2, 0) is 17.9 Å². The number of nitrogen functional groups attached to an aromatic ring is 2. The fourth-order valence-corrected chi connectivity index (χ4v) is 3.65. The lowest BCUT2D eigenvalue weighted by atomic mass is 9.84. The first-order chi connectivity index (χ1) is 13.1. The molecule has 2 unspecified atom stereocenters. The van der Waals surface area contributed by atoms with E-state index in [0.29, 0.717) is 11.4 Å². The summed E-state index contributed by atoms with van der Waals surface area (Å²) >= 11 is 0. The fraction of sp³-hybridized carbons (Fsp3) is 0.435. The van der Waals surface area contributed by atoms with Crippen molar-refractivity contribution in [1.29, 1.82) is 0 Å². The van der Waals surface area contributed by atoms with Gasteiger partial charge in [0.1, 0.15) is 5.78 Å². The van der Waals surface area contributed by atoms with E-state index in [1.54, 1.807) is 0 Å². The van der Waals surface area contributed by atoms with Crippen molar-refractivity contribution in [1.82, 2.24) is 9.80 Å². The van der Waals surface area contributed by atoms with Gasteiger partial charge in [-0.25, -0.2) is 0 Å². The third-order valence-corrected chi connectivity index (χ3v) is 5.09. The molecule has 0 heterocycles. The number of carbonyl (C=O) groups is 1. The number of nitrogens with zero attached hydrogens (tertiary/aromatic N) is 2. The minimum atomic E-state index is -0.288. The lowest BCUT2D eigenvalue weighted by Gasteiger charge is -2.21. The Balaban J connectivity index is 2.20. The molecule has 0 saturated heterocycles. The average Bonchev–Trinajstić information content (AvgIpc) is 2.59. The summed E-state index contributed by atoms with van der Waals surface area (Å²) in [7, 11) is 8.08. The molecule has 0 aliphatic heterocycles. The summed E-state index contributed by atoms with van der Waals surface area (Å²) < 4.78 is 0. The molecule has 0 spiro atoms. The van der Waals surface area contributed by atoms with Crippen molar-refractivity contribution in [2.45, 2.75) is 38.8 Å². The van der Waals surface area contributed by atoms with Crippen LogP contribution in [0.3, 0.4) is 0 Å². The maximum absolute atomic E-state index is 13.1. The van der Waals surface area contributed by atoms with Gasteiger partial charge in [0.15, 0.2) is 0 Å². The minimum Gasteiger partial charge on any atom is -0.398 e. The molecule has 4 N–H and O–H groups in total. The highest BCUT2D eigenvalue weighted by atomic mass is 16.1. The highest BCUT2D eigenvalue weighted by Crippen LogP contribution is 2.32. The molecule has 0 radical (unpaired) electrons. The number of ketones is 1. The highest BCUT2D eigenvalue weighted by Gasteiger charge is 2.25. The molecule has 152 valence electrons. The van der Waals surface area contributed by atoms with Crippen LogP contribution < -0.4 is 11.5 Å². The summed E-state index contributed by atoms with van der Waals surface area (Å²) in [5.41, 5.74) is 17.9. The first-order valence-corrected chi connectivity index (χ1v) is 9.70. The Morgan fingerprint density at radius 2 is 1.14 bits per heavy atom. The Bertz CT molecular complexity index is 762. The number of hydrogen-bond acceptors (Lipinski definition) is 5. The summed E-state index contributed by atoms with van der Waals surface area (Å²) in [6.45, 7) is 5.48. The number of rotatable bonds is 8. The SMILES string of the molecule is CC(C(=O)C(C)c1ccc(CN(C)C)cc1N)c1ccc(CN(C)C)cc1N. The number of anilines is 2. The van der Waals surface area contributed by atoms with Crippen LogP contribution in [-0.4, -0.2) is 43.8 Å². The van der Waals surface area contributed by atoms with Gasteiger partial charge in [0.25, 0.3) is 0 Å². The van der Waals surface area contributed by atoms with Crippen LogP contribution in [0.2, 0.25) is 0 Å². The van der Waals surface area contributed by atoms with Crippen molar-refractivity contribution < 1.29 is 4.79 Å². The van der Waals surface area contributed by atoms with E-state index in [1.807, 2.05) is 78.4 Å². The van der Waals surface area contributed by atoms with Crippen molar-refractivity contribution >= 4 is 17.2 Å². The molecular weight excluding hydrogens is 348 g/mol. The van der Waals surface area contributed by atoms with Crippen molar-refractivity contribution in [3.63, 3.8) is 0 Å². The minimum absolute atomic E-state index is 0.124. The van der Waals surface area contributed by atoms with Gasteiger partial charge in [0.2, 0.25) is 0 Å². The molecule has 0 fully saturated rings. The monoisotopic (exact) mass is 382 g/mol. The van der Waals surface area contributed by atoms with Crippen molar-refractivity contribution in [3.05, 3.63) is 58.7 Å². The Labute approximate surface area is 169 Å². The molecule has 2 aromatic carbocycles. The zero-order valence-electron chi connectivity index (χ0n) is 18.0. The molecule has 5 nitrogen and oxygen atoms in total. The number of hydrogen-bond donors (Lipinski definition) is 2. The van der Waals surface area contributed by atoms with E-state index in [9.17, 15) is 4.79 Å². The Morgan fingerprint density at radius 1 is 0.786 bits per heavy atom. The second-order valence-corrected chi connectivity index (χ2v) is 8.25. The predicted octanol–water partition coefficient (Wildman–Crippen LogP) is 3.45. The molecule has 0 aliphatic rings. The van der Waals surface area contributed by atoms with Gasteiger partial charge in [0, 0.05) is 36.3 Å². The van der Waals surface area contributed by atoms with Gasteiger partial charge < -0.3 is 21.3 Å². The van der Waals surface area contributed by atoms with Gasteiger partial charge in [-0.3, -0.25) is 4.79 Å². The van der Waals surface area contributed by atoms with Crippen LogP contribution in [0.5, 0.6) is 0 Å². The standard InChI is InChI=1S/C23H34N4O/c1-15(19-9-7-17(11-21(19)24)13-26(3)4)23(28)16(2)20-10-8-18(12-22(20)25)14-27(5)6/h7-12,15-16H,13-14,24-25H2,1-6H3. The van der Waals surface area contributed by atoms with Crippen molar-refractivity contribution in [2.24, 2.45) is 0 Å². The van der Waals surface area contributed by atoms with E-state index in [2.05, 4.69) is 9.80 Å². The second kappa shape index (κ2) is 9.22. The van der Waals surface area contributed by atoms with E-state index < -0.39 is 0 Å². The van der Waals surface area contributed by atoms with Gasteiger partial charge in [-0.2, -0.15) is 0 Å². The van der Waals surface area contributed by atoms with E-state index in [0.717, 1.165) is 35.3 Å². The molecule has 0 aliphatic carbocycles. The van der Waals surface area contributed by atoms with Gasteiger partial charge >= 0.3 is 0 Å². The first-order valence-electron chi connectivity index (χ1n) is 9.70. The fourth-order valence-electron chi connectivity index (χ4n) is 3.65. The second-order valence-electron chi connectivity index (χ2n) is 8.25. The Hall–Kier alpha value is -2.37. The molecule has 0 saturated carbocycles. The number of Topliss-reactive ketones (excluding diaryl/α,β-unsaturated/α-hetero) is 1. The summed E-state index contributed by atoms with van der Waals surface area (Å²) in [5, 5.41) is 0. The molecular formula is C23H34N4O. The normalized spacial score (nSPS) is 13.7. The Kier molecular flexibility index (Phi) is 7.22. The molecule has 0 aromatic heterocycles. The van der Waals surface area contributed by atoms with Crippen LogP contribution in [0.25, 0.3) is 0 Å². The van der Waals surface area contributed by atoms with Crippen molar-refractivity contribution in [3.8, 4) is 0 Å². The van der Waals surface area contributed by atoms with Gasteiger partial charge in [-0.1, -0.05) is 38.1 Å². The van der Waals surface area contributed by atoms with E-state index in [1.165, 1.54) is 0 Å². The lowest BCUT2D eigenvalue weighted by molar-refractivity contribution is -0.121. The maximum Gasteiger partial charge on any atom is 0.147 e. The molecule has 2 atom stereocenters. The zero-order chi connectivity index (χ0) is 21.0. The predicted molar refractivity (Wildman–Crippen MR) is 118 cm³/mol. The van der Waals surface area contributed by atoms with Gasteiger partial charge in [-0.05, 0) is 62.6 Å². The summed E-state index contributed by atoms with van der Waals surface area (Å²) in [5.74, 6) is -0.451. The van der Waals surface area contributed by atoms with Crippen LogP contribution in [0.4, 0.5) is 11.4 Å². The summed E-state index contributed by atoms with van der Waals surface area (Å²) in [6.07, 6.45) is 0. The third-order valence-electron chi connectivity index (χ3n) is 5.09. The quantitative estimate of drug-likeness (QED) is 0.684. The van der Waals surface area contributed by atoms with E-state index in [-0.39, 0.29) is 17.6 Å². The summed E-state index contributed by atoms with van der Waals surface area (Å²) in [4.78, 5) is 17.3. The average molecular weight is 383 g/mol. The Morgan fingerprint density at radius 3 is 1.43 bits per heavy atom. The lowest BCUT2D eigenvalue weighted by Crippen LogP contribution is -2.19. The summed E-state index contributed by atoms with van der Waals surface area (Å²) in [6, 6.07) is 12.0. The van der Waals surface area contributed by atoms with Gasteiger partial charge in [0.05, 0.1) is 0 Å². The van der Waals surface area contributed by atoms with Crippen LogP contribution in [0, 0.1) is 0 Å². The van der Waals surface area contributed by atoms with Crippen LogP contribution >= 0.6 is 0 Å². The topological polar surface area (TPSA) is 75.6 Å². The van der Waals surface area contributed by atoms with E-state index >= 15 is 0 Å². The molecule has 28 heavy (non-hydrogen) atoms. The number of benzene rings is 2. The molecule has 2 rings (SSSR count). The zero-order valence-corrected chi connectivity index (χ0v) is 18.0. The van der Waals surface area contributed by atoms with E-state index in [4.69, 9.17) is 11.5 Å². The molecule has 0 bridgehead atoms. The molecule has 2 aromatic rings. The largest absolute Gasteiger partial charge is 0.398 e.